The highest BCUT2D eigenvalue weighted by Crippen LogP contribution is 2.44. The van der Waals surface area contributed by atoms with Crippen LogP contribution < -0.4 is 0 Å². The zero-order chi connectivity index (χ0) is 20.8. The standard InChI is InChI=1S/C19H24FN5O3S/c1-13-21-18(23-22-13)19-6-7-25(10-16(19)9-24(12-19)14(2)26)29(27,28)11-15-4-3-5-17(20)8-15/h3-5,8,16H,6-7,9-12H2,1-2H3,(H,21,22,23)/t16-,19+/m0/s1. The van der Waals surface area contributed by atoms with Gasteiger partial charge in [-0.05, 0) is 31.0 Å². The van der Waals surface area contributed by atoms with Gasteiger partial charge in [-0.3, -0.25) is 9.89 Å². The van der Waals surface area contributed by atoms with Crippen molar-refractivity contribution in [3.63, 3.8) is 0 Å². The van der Waals surface area contributed by atoms with Crippen molar-refractivity contribution in [2.45, 2.75) is 31.4 Å². The second-order valence-electron chi connectivity index (χ2n) is 7.99. The van der Waals surface area contributed by atoms with Gasteiger partial charge in [0.15, 0.2) is 5.82 Å². The number of sulfonamides is 1. The normalized spacial score (nSPS) is 25.2. The summed E-state index contributed by atoms with van der Waals surface area (Å²) in [5, 5.41) is 7.21. The van der Waals surface area contributed by atoms with Gasteiger partial charge >= 0.3 is 0 Å². The minimum absolute atomic E-state index is 0.0415. The molecule has 0 aliphatic carbocycles. The van der Waals surface area contributed by atoms with Crippen LogP contribution in [0.5, 0.6) is 0 Å². The average Bonchev–Trinajstić information content (AvgIpc) is 3.25. The third-order valence-electron chi connectivity index (χ3n) is 6.05. The third kappa shape index (κ3) is 3.66. The van der Waals surface area contributed by atoms with Crippen LogP contribution in [-0.4, -0.2) is 64.9 Å². The van der Waals surface area contributed by atoms with Crippen LogP contribution in [0.15, 0.2) is 24.3 Å². The van der Waals surface area contributed by atoms with Crippen LogP contribution in [-0.2, 0) is 26.0 Å². The predicted octanol–water partition coefficient (Wildman–Crippen LogP) is 1.20. The summed E-state index contributed by atoms with van der Waals surface area (Å²) in [6, 6.07) is 5.65. The highest BCUT2D eigenvalue weighted by Gasteiger charge is 2.54. The molecule has 1 aromatic carbocycles. The first-order chi connectivity index (χ1) is 13.7. The van der Waals surface area contributed by atoms with E-state index in [0.29, 0.717) is 43.3 Å². The number of halogens is 1. The second kappa shape index (κ2) is 7.17. The molecule has 4 rings (SSSR count). The summed E-state index contributed by atoms with van der Waals surface area (Å²) in [7, 11) is -3.62. The van der Waals surface area contributed by atoms with Crippen molar-refractivity contribution in [1.29, 1.82) is 0 Å². The Hall–Kier alpha value is -2.33. The SMILES string of the molecule is CC(=O)N1C[C@H]2CN(S(=O)(=O)Cc3cccc(F)c3)CC[C@@]2(c2n[nH]c(C)n2)C1. The Morgan fingerprint density at radius 1 is 1.38 bits per heavy atom. The molecule has 1 amide bonds. The molecule has 1 N–H and O–H groups in total. The Bertz CT molecular complexity index is 1040. The largest absolute Gasteiger partial charge is 0.342 e. The number of hydrogen-bond donors (Lipinski definition) is 1. The molecule has 0 saturated carbocycles. The fourth-order valence-corrected chi connectivity index (χ4v) is 6.06. The van der Waals surface area contributed by atoms with Gasteiger partial charge in [0.25, 0.3) is 0 Å². The minimum atomic E-state index is -3.62. The number of nitrogens with one attached hydrogen (secondary N) is 1. The van der Waals surface area contributed by atoms with Gasteiger partial charge in [-0.1, -0.05) is 12.1 Å². The number of likely N-dealkylation sites (tertiary alicyclic amines) is 1. The van der Waals surface area contributed by atoms with Gasteiger partial charge in [-0.25, -0.2) is 22.1 Å². The van der Waals surface area contributed by atoms with Crippen molar-refractivity contribution in [2.24, 2.45) is 5.92 Å². The number of piperidine rings is 1. The van der Waals surface area contributed by atoms with Crippen LogP contribution in [0.2, 0.25) is 0 Å². The van der Waals surface area contributed by atoms with E-state index in [4.69, 9.17) is 0 Å². The molecule has 0 spiro atoms. The number of aromatic nitrogens is 3. The van der Waals surface area contributed by atoms with Crippen LogP contribution in [0.1, 0.15) is 30.6 Å². The molecule has 2 atom stereocenters. The van der Waals surface area contributed by atoms with Gasteiger partial charge < -0.3 is 4.90 Å². The molecule has 3 heterocycles. The van der Waals surface area contributed by atoms with E-state index in [2.05, 4.69) is 15.2 Å². The lowest BCUT2D eigenvalue weighted by atomic mass is 9.72. The molecule has 10 heteroatoms. The second-order valence-corrected chi connectivity index (χ2v) is 9.96. The lowest BCUT2D eigenvalue weighted by Crippen LogP contribution is -2.52. The number of aromatic amines is 1. The maximum Gasteiger partial charge on any atom is 0.219 e. The van der Waals surface area contributed by atoms with E-state index >= 15 is 0 Å². The first-order valence-electron chi connectivity index (χ1n) is 9.57. The monoisotopic (exact) mass is 421 g/mol. The zero-order valence-electron chi connectivity index (χ0n) is 16.4. The quantitative estimate of drug-likeness (QED) is 0.800. The van der Waals surface area contributed by atoms with Crippen molar-refractivity contribution < 1.29 is 17.6 Å². The summed E-state index contributed by atoms with van der Waals surface area (Å²) >= 11 is 0. The van der Waals surface area contributed by atoms with Crippen LogP contribution in [0.3, 0.4) is 0 Å². The molecular formula is C19H24FN5O3S. The van der Waals surface area contributed by atoms with E-state index in [1.54, 1.807) is 11.0 Å². The molecule has 0 bridgehead atoms. The number of fused-ring (bicyclic) bond motifs is 1. The predicted molar refractivity (Wildman–Crippen MR) is 104 cm³/mol. The first-order valence-corrected chi connectivity index (χ1v) is 11.2. The molecule has 2 aliphatic rings. The lowest BCUT2D eigenvalue weighted by Gasteiger charge is -2.40. The number of rotatable bonds is 4. The third-order valence-corrected chi connectivity index (χ3v) is 7.86. The van der Waals surface area contributed by atoms with E-state index in [0.717, 1.165) is 0 Å². The number of amides is 1. The number of hydrogen-bond acceptors (Lipinski definition) is 5. The average molecular weight is 421 g/mol. The molecule has 0 radical (unpaired) electrons. The van der Waals surface area contributed by atoms with Crippen molar-refractivity contribution in [2.75, 3.05) is 26.2 Å². The topological polar surface area (TPSA) is 99.3 Å². The van der Waals surface area contributed by atoms with Crippen molar-refractivity contribution in [3.05, 3.63) is 47.3 Å². The molecule has 0 unspecified atom stereocenters. The highest BCUT2D eigenvalue weighted by molar-refractivity contribution is 7.88. The van der Waals surface area contributed by atoms with E-state index < -0.39 is 21.3 Å². The Kier molecular flexibility index (Phi) is 4.94. The van der Waals surface area contributed by atoms with Crippen LogP contribution >= 0.6 is 0 Å². The van der Waals surface area contributed by atoms with E-state index in [1.165, 1.54) is 29.4 Å². The first kappa shape index (κ1) is 20.0. The molecule has 2 saturated heterocycles. The van der Waals surface area contributed by atoms with Crippen molar-refractivity contribution >= 4 is 15.9 Å². The van der Waals surface area contributed by atoms with Crippen molar-refractivity contribution in [1.82, 2.24) is 24.4 Å². The van der Waals surface area contributed by atoms with E-state index in [-0.39, 0.29) is 24.1 Å². The van der Waals surface area contributed by atoms with E-state index in [1.807, 2.05) is 6.92 Å². The number of benzene rings is 1. The van der Waals surface area contributed by atoms with E-state index in [9.17, 15) is 17.6 Å². The molecular weight excluding hydrogens is 397 g/mol. The smallest absolute Gasteiger partial charge is 0.219 e. The highest BCUT2D eigenvalue weighted by atomic mass is 32.2. The summed E-state index contributed by atoms with van der Waals surface area (Å²) in [5.41, 5.74) is -0.0374. The fraction of sp³-hybridized carbons (Fsp3) is 0.526. The van der Waals surface area contributed by atoms with Gasteiger partial charge in [-0.2, -0.15) is 5.10 Å². The molecule has 1 aromatic heterocycles. The summed E-state index contributed by atoms with van der Waals surface area (Å²) in [4.78, 5) is 18.3. The molecule has 2 aliphatic heterocycles. The molecule has 2 aromatic rings. The summed E-state index contributed by atoms with van der Waals surface area (Å²) in [6.07, 6.45) is 0.529. The van der Waals surface area contributed by atoms with Crippen LogP contribution in [0.4, 0.5) is 4.39 Å². The van der Waals surface area contributed by atoms with Gasteiger partial charge in [0, 0.05) is 39.0 Å². The van der Waals surface area contributed by atoms with Gasteiger partial charge in [0.2, 0.25) is 15.9 Å². The maximum absolute atomic E-state index is 13.5. The Morgan fingerprint density at radius 2 is 2.17 bits per heavy atom. The van der Waals surface area contributed by atoms with Gasteiger partial charge in [0.1, 0.15) is 11.6 Å². The Balaban J connectivity index is 1.59. The summed E-state index contributed by atoms with van der Waals surface area (Å²) in [5.74, 6) is 0.489. The van der Waals surface area contributed by atoms with Crippen LogP contribution in [0.25, 0.3) is 0 Å². The number of carbonyl (C=O) groups is 1. The summed E-state index contributed by atoms with van der Waals surface area (Å²) in [6.45, 7) is 4.89. The molecule has 156 valence electrons. The fourth-order valence-electron chi connectivity index (χ4n) is 4.50. The number of carbonyl (C=O) groups excluding carboxylic acids is 1. The molecule has 8 nitrogen and oxygen atoms in total. The molecule has 2 fully saturated rings. The number of H-pyrrole nitrogens is 1. The zero-order valence-corrected chi connectivity index (χ0v) is 17.2. The van der Waals surface area contributed by atoms with Gasteiger partial charge in [-0.15, -0.1) is 0 Å². The number of nitrogens with zero attached hydrogens (tertiary/aromatic N) is 4. The summed E-state index contributed by atoms with van der Waals surface area (Å²) < 4.78 is 40.9. The maximum atomic E-state index is 13.5. The lowest BCUT2D eigenvalue weighted by molar-refractivity contribution is -0.128. The van der Waals surface area contributed by atoms with Crippen LogP contribution in [0, 0.1) is 18.7 Å². The Morgan fingerprint density at radius 3 is 2.83 bits per heavy atom. The minimum Gasteiger partial charge on any atom is -0.342 e. The Labute approximate surface area is 169 Å². The van der Waals surface area contributed by atoms with Crippen molar-refractivity contribution in [3.8, 4) is 0 Å². The molecule has 29 heavy (non-hydrogen) atoms. The van der Waals surface area contributed by atoms with Gasteiger partial charge in [0.05, 0.1) is 11.2 Å². The number of aryl methyl sites for hydroxylation is 1.